The molecule has 2 aromatic carbocycles. The van der Waals surface area contributed by atoms with Gasteiger partial charge in [0, 0.05) is 49.7 Å². The maximum atomic E-state index is 5.94. The third-order valence-corrected chi connectivity index (χ3v) is 6.00. The maximum absolute atomic E-state index is 5.94. The Bertz CT molecular complexity index is 1190. The number of hydrogen-bond donors (Lipinski definition) is 0. The van der Waals surface area contributed by atoms with Gasteiger partial charge in [-0.2, -0.15) is 0 Å². The standard InChI is InChI=1S/C26H28N4O2/c1-31-25-8-3-2-7-24(25)22-6-4-5-20(13-22)16-29-11-12-32-19-21(17-29)14-23-18-30-10-9-27-26(30)15-28-23/h2-10,13,15,18,21H,11-12,14,16-17,19H2,1H3/t21-/m1/s1. The molecule has 1 fully saturated rings. The van der Waals surface area contributed by atoms with E-state index in [4.69, 9.17) is 9.47 Å². The summed E-state index contributed by atoms with van der Waals surface area (Å²) in [6.07, 6.45) is 8.58. The van der Waals surface area contributed by atoms with Crippen LogP contribution in [0.5, 0.6) is 5.75 Å². The highest BCUT2D eigenvalue weighted by Gasteiger charge is 2.20. The number of methoxy groups -OCH3 is 1. The van der Waals surface area contributed by atoms with Crippen LogP contribution < -0.4 is 4.74 Å². The highest BCUT2D eigenvalue weighted by atomic mass is 16.5. The van der Waals surface area contributed by atoms with Gasteiger partial charge in [0.25, 0.3) is 0 Å². The molecule has 2 aromatic heterocycles. The van der Waals surface area contributed by atoms with Crippen molar-refractivity contribution < 1.29 is 9.47 Å². The summed E-state index contributed by atoms with van der Waals surface area (Å²) in [6.45, 7) is 4.35. The molecule has 0 spiro atoms. The van der Waals surface area contributed by atoms with Gasteiger partial charge >= 0.3 is 0 Å². The van der Waals surface area contributed by atoms with Crippen molar-refractivity contribution in [3.8, 4) is 16.9 Å². The van der Waals surface area contributed by atoms with Crippen molar-refractivity contribution in [1.29, 1.82) is 0 Å². The van der Waals surface area contributed by atoms with Gasteiger partial charge < -0.3 is 13.9 Å². The highest BCUT2D eigenvalue weighted by molar-refractivity contribution is 5.70. The summed E-state index contributed by atoms with van der Waals surface area (Å²) in [7, 11) is 1.72. The third-order valence-electron chi connectivity index (χ3n) is 6.00. The molecular weight excluding hydrogens is 400 g/mol. The first-order valence-corrected chi connectivity index (χ1v) is 11.1. The van der Waals surface area contributed by atoms with Crippen LogP contribution in [0.15, 0.2) is 73.3 Å². The highest BCUT2D eigenvalue weighted by Crippen LogP contribution is 2.30. The van der Waals surface area contributed by atoms with E-state index in [9.17, 15) is 0 Å². The molecule has 3 heterocycles. The summed E-state index contributed by atoms with van der Waals surface area (Å²) in [5, 5.41) is 0. The number of ether oxygens (including phenoxy) is 2. The largest absolute Gasteiger partial charge is 0.496 e. The number of benzene rings is 2. The van der Waals surface area contributed by atoms with Crippen molar-refractivity contribution in [2.45, 2.75) is 13.0 Å². The van der Waals surface area contributed by atoms with Crippen LogP contribution in [-0.4, -0.2) is 52.7 Å². The Kier molecular flexibility index (Phi) is 6.14. The fraction of sp³-hybridized carbons (Fsp3) is 0.308. The molecule has 0 unspecified atom stereocenters. The molecule has 6 nitrogen and oxygen atoms in total. The summed E-state index contributed by atoms with van der Waals surface area (Å²) >= 11 is 0. The zero-order valence-electron chi connectivity index (χ0n) is 18.4. The molecule has 6 heteroatoms. The lowest BCUT2D eigenvalue weighted by molar-refractivity contribution is 0.121. The predicted molar refractivity (Wildman–Crippen MR) is 125 cm³/mol. The molecule has 4 aromatic rings. The fourth-order valence-electron chi connectivity index (χ4n) is 4.47. The Morgan fingerprint density at radius 3 is 3.00 bits per heavy atom. The lowest BCUT2D eigenvalue weighted by atomic mass is 10.0. The number of nitrogens with zero attached hydrogens (tertiary/aromatic N) is 4. The number of para-hydroxylation sites is 1. The van der Waals surface area contributed by atoms with Crippen LogP contribution in [0.3, 0.4) is 0 Å². The number of rotatable bonds is 6. The van der Waals surface area contributed by atoms with E-state index in [2.05, 4.69) is 57.5 Å². The van der Waals surface area contributed by atoms with Crippen LogP contribution in [0.25, 0.3) is 16.8 Å². The van der Waals surface area contributed by atoms with Crippen molar-refractivity contribution in [2.24, 2.45) is 5.92 Å². The zero-order valence-corrected chi connectivity index (χ0v) is 18.4. The molecule has 0 bridgehead atoms. The molecule has 1 aliphatic rings. The van der Waals surface area contributed by atoms with Crippen LogP contribution in [0.2, 0.25) is 0 Å². The summed E-state index contributed by atoms with van der Waals surface area (Å²) in [5.74, 6) is 1.30. The maximum Gasteiger partial charge on any atom is 0.155 e. The van der Waals surface area contributed by atoms with E-state index in [0.717, 1.165) is 61.9 Å². The van der Waals surface area contributed by atoms with Gasteiger partial charge in [0.15, 0.2) is 5.65 Å². The van der Waals surface area contributed by atoms with E-state index < -0.39 is 0 Å². The van der Waals surface area contributed by atoms with Gasteiger partial charge in [-0.15, -0.1) is 0 Å². The van der Waals surface area contributed by atoms with Crippen molar-refractivity contribution in [2.75, 3.05) is 33.4 Å². The fourth-order valence-corrected chi connectivity index (χ4v) is 4.47. The zero-order chi connectivity index (χ0) is 21.8. The molecule has 164 valence electrons. The van der Waals surface area contributed by atoms with Crippen LogP contribution in [0, 0.1) is 5.92 Å². The Labute approximate surface area is 188 Å². The van der Waals surface area contributed by atoms with E-state index in [1.807, 2.05) is 28.9 Å². The van der Waals surface area contributed by atoms with Crippen LogP contribution >= 0.6 is 0 Å². The lowest BCUT2D eigenvalue weighted by Gasteiger charge is -2.23. The third kappa shape index (κ3) is 4.66. The van der Waals surface area contributed by atoms with E-state index in [1.165, 1.54) is 11.1 Å². The Balaban J connectivity index is 1.29. The van der Waals surface area contributed by atoms with Gasteiger partial charge in [-0.3, -0.25) is 9.88 Å². The Morgan fingerprint density at radius 1 is 1.12 bits per heavy atom. The number of hydrogen-bond acceptors (Lipinski definition) is 5. The molecule has 32 heavy (non-hydrogen) atoms. The molecule has 0 amide bonds. The van der Waals surface area contributed by atoms with Gasteiger partial charge in [-0.05, 0) is 29.7 Å². The summed E-state index contributed by atoms with van der Waals surface area (Å²) in [4.78, 5) is 11.4. The van der Waals surface area contributed by atoms with Crippen molar-refractivity contribution >= 4 is 5.65 Å². The second-order valence-corrected chi connectivity index (χ2v) is 8.35. The first-order valence-electron chi connectivity index (χ1n) is 11.1. The van der Waals surface area contributed by atoms with Gasteiger partial charge in [0.05, 0.1) is 32.2 Å². The molecule has 0 N–H and O–H groups in total. The summed E-state index contributed by atoms with van der Waals surface area (Å²) in [5.41, 5.74) is 5.55. The SMILES string of the molecule is COc1ccccc1-c1cccc(CN2CCOC[C@H](Cc3cn4ccnc4cn3)C2)c1. The summed E-state index contributed by atoms with van der Waals surface area (Å²) < 4.78 is 13.5. The monoisotopic (exact) mass is 428 g/mol. The molecule has 1 aliphatic heterocycles. The molecule has 0 radical (unpaired) electrons. The minimum Gasteiger partial charge on any atom is -0.496 e. The van der Waals surface area contributed by atoms with E-state index >= 15 is 0 Å². The van der Waals surface area contributed by atoms with Gasteiger partial charge in [0.2, 0.25) is 0 Å². The second kappa shape index (κ2) is 9.51. The Hall–Kier alpha value is -3.22. The molecule has 1 saturated heterocycles. The lowest BCUT2D eigenvalue weighted by Crippen LogP contribution is -2.30. The van der Waals surface area contributed by atoms with Crippen LogP contribution in [0.4, 0.5) is 0 Å². The number of fused-ring (bicyclic) bond motifs is 1. The van der Waals surface area contributed by atoms with E-state index in [1.54, 1.807) is 13.3 Å². The van der Waals surface area contributed by atoms with Crippen LogP contribution in [-0.2, 0) is 17.7 Å². The van der Waals surface area contributed by atoms with Gasteiger partial charge in [-0.1, -0.05) is 36.4 Å². The molecule has 5 rings (SSSR count). The molecule has 1 atom stereocenters. The topological polar surface area (TPSA) is 51.9 Å². The first kappa shape index (κ1) is 20.7. The number of imidazole rings is 1. The molecule has 0 saturated carbocycles. The van der Waals surface area contributed by atoms with Crippen molar-refractivity contribution in [3.63, 3.8) is 0 Å². The quantitative estimate of drug-likeness (QED) is 0.463. The predicted octanol–water partition coefficient (Wildman–Crippen LogP) is 4.10. The normalized spacial score (nSPS) is 17.3. The molecule has 0 aliphatic carbocycles. The average molecular weight is 429 g/mol. The first-order chi connectivity index (χ1) is 15.8. The van der Waals surface area contributed by atoms with E-state index in [-0.39, 0.29) is 0 Å². The second-order valence-electron chi connectivity index (χ2n) is 8.35. The van der Waals surface area contributed by atoms with Gasteiger partial charge in [0.1, 0.15) is 5.75 Å². The van der Waals surface area contributed by atoms with E-state index in [0.29, 0.717) is 5.92 Å². The van der Waals surface area contributed by atoms with Crippen LogP contribution in [0.1, 0.15) is 11.3 Å². The average Bonchev–Trinajstić information content (AvgIpc) is 3.19. The van der Waals surface area contributed by atoms with Crippen molar-refractivity contribution in [3.05, 3.63) is 84.6 Å². The molecular formula is C26H28N4O2. The minimum absolute atomic E-state index is 0.406. The smallest absolute Gasteiger partial charge is 0.155 e. The number of aromatic nitrogens is 3. The minimum atomic E-state index is 0.406. The van der Waals surface area contributed by atoms with Gasteiger partial charge in [-0.25, -0.2) is 4.98 Å². The van der Waals surface area contributed by atoms with Crippen molar-refractivity contribution in [1.82, 2.24) is 19.3 Å². The summed E-state index contributed by atoms with van der Waals surface area (Å²) in [6, 6.07) is 16.9. The Morgan fingerprint density at radius 2 is 2.06 bits per heavy atom.